The highest BCUT2D eigenvalue weighted by Crippen LogP contribution is 2.15. The van der Waals surface area contributed by atoms with Crippen molar-refractivity contribution < 1.29 is 47.6 Å². The number of primary amides is 1. The molecule has 1 heterocycles. The highest BCUT2D eigenvalue weighted by molar-refractivity contribution is 5.95. The van der Waals surface area contributed by atoms with Crippen molar-refractivity contribution in [2.24, 2.45) is 16.5 Å². The Balaban J connectivity index is 1.40. The van der Waals surface area contributed by atoms with Gasteiger partial charge < -0.3 is 60.6 Å². The van der Waals surface area contributed by atoms with Crippen molar-refractivity contribution in [2.45, 2.75) is 25.8 Å². The molecule has 0 bridgehead atoms. The summed E-state index contributed by atoms with van der Waals surface area (Å²) in [6.45, 7) is 6.22. The van der Waals surface area contributed by atoms with Gasteiger partial charge in [-0.1, -0.05) is 0 Å². The van der Waals surface area contributed by atoms with Gasteiger partial charge in [-0.2, -0.15) is 0 Å². The van der Waals surface area contributed by atoms with E-state index in [0.29, 0.717) is 116 Å². The van der Waals surface area contributed by atoms with Gasteiger partial charge in [-0.15, -0.1) is 0 Å². The van der Waals surface area contributed by atoms with E-state index in [1.807, 2.05) is 0 Å². The molecule has 0 aliphatic heterocycles. The summed E-state index contributed by atoms with van der Waals surface area (Å²) in [5.74, 6) is -1.11. The molecule has 2 rings (SSSR count). The third-order valence-corrected chi connectivity index (χ3v) is 6.53. The van der Waals surface area contributed by atoms with Gasteiger partial charge in [-0.25, -0.2) is 15.0 Å². The molecule has 18 nitrogen and oxygen atoms in total. The van der Waals surface area contributed by atoms with Gasteiger partial charge in [0.2, 0.25) is 5.91 Å². The third-order valence-electron chi connectivity index (χ3n) is 6.53. The normalized spacial score (nSPS) is 11.1. The average molecular weight is 719 g/mol. The maximum absolute atomic E-state index is 12.5. The molecule has 0 aliphatic carbocycles. The van der Waals surface area contributed by atoms with Crippen LogP contribution in [0.25, 0.3) is 0 Å². The molecule has 1 aromatic carbocycles. The Labute approximate surface area is 297 Å². The number of rotatable bonds is 31. The van der Waals surface area contributed by atoms with Crippen LogP contribution >= 0.6 is 0 Å². The Morgan fingerprint density at radius 3 is 1.88 bits per heavy atom. The number of hydrogen-bond acceptors (Lipinski definition) is 14. The standard InChI is InChI=1S/C33H50N8O10/c34-25-40-32-30(31(35)44)41-28(24-39-32)23-38-27-6-4-26(5-7-27)33(45)37-8-1-3-29(43)36-9-12-47-14-16-49-18-20-51-22-21-50-19-17-48-15-13-46-11-2-10-42/h4-7,10,24-25,38H,1-3,8-9,11-23H2,(H2,35,44)(H,36,43)(H,37,45)(H2,34,39,40). The van der Waals surface area contributed by atoms with Crippen molar-refractivity contribution in [1.82, 2.24) is 20.6 Å². The first kappa shape index (κ1) is 42.6. The summed E-state index contributed by atoms with van der Waals surface area (Å²) < 4.78 is 32.3. The molecule has 0 fully saturated rings. The zero-order chi connectivity index (χ0) is 36.8. The summed E-state index contributed by atoms with van der Waals surface area (Å²) in [7, 11) is 0. The molecule has 0 unspecified atom stereocenters. The number of nitrogens with two attached hydrogens (primary N) is 2. The fourth-order valence-corrected chi connectivity index (χ4v) is 4.00. The van der Waals surface area contributed by atoms with Gasteiger partial charge >= 0.3 is 0 Å². The number of anilines is 1. The monoisotopic (exact) mass is 718 g/mol. The van der Waals surface area contributed by atoms with Crippen molar-refractivity contribution in [3.05, 3.63) is 47.4 Å². The number of aliphatic imine (C=N–C) groups is 1. The molecule has 7 N–H and O–H groups in total. The van der Waals surface area contributed by atoms with E-state index in [2.05, 4.69) is 30.9 Å². The van der Waals surface area contributed by atoms with Crippen LogP contribution in [-0.4, -0.2) is 133 Å². The van der Waals surface area contributed by atoms with E-state index >= 15 is 0 Å². The Kier molecular flexibility index (Phi) is 23.5. The van der Waals surface area contributed by atoms with Gasteiger partial charge in [-0.05, 0) is 30.7 Å². The smallest absolute Gasteiger partial charge is 0.271 e. The minimum Gasteiger partial charge on any atom is -0.390 e. The number of aldehydes is 1. The number of carbonyl (C=O) groups is 4. The minimum absolute atomic E-state index is 0.0397. The first-order valence-electron chi connectivity index (χ1n) is 16.6. The summed E-state index contributed by atoms with van der Waals surface area (Å²) >= 11 is 0. The Morgan fingerprint density at radius 2 is 1.33 bits per heavy atom. The number of ether oxygens (including phenoxy) is 6. The summed E-state index contributed by atoms with van der Waals surface area (Å²) in [4.78, 5) is 58.3. The van der Waals surface area contributed by atoms with E-state index in [0.717, 1.165) is 18.3 Å². The van der Waals surface area contributed by atoms with E-state index in [9.17, 15) is 19.2 Å². The van der Waals surface area contributed by atoms with Gasteiger partial charge in [0.25, 0.3) is 11.8 Å². The van der Waals surface area contributed by atoms with E-state index in [-0.39, 0.29) is 36.3 Å². The minimum atomic E-state index is -0.769. The first-order chi connectivity index (χ1) is 24.9. The molecule has 18 heteroatoms. The van der Waals surface area contributed by atoms with Crippen LogP contribution < -0.4 is 27.4 Å². The molecule has 1 aromatic heterocycles. The van der Waals surface area contributed by atoms with Crippen molar-refractivity contribution in [2.75, 3.05) is 97.7 Å². The predicted octanol–water partition coefficient (Wildman–Crippen LogP) is 0.121. The van der Waals surface area contributed by atoms with Gasteiger partial charge in [0.15, 0.2) is 11.5 Å². The van der Waals surface area contributed by atoms with Crippen molar-refractivity contribution in [3.63, 3.8) is 0 Å². The number of carbonyl (C=O) groups excluding carboxylic acids is 4. The topological polar surface area (TPSA) is 250 Å². The second kappa shape index (κ2) is 28.1. The molecule has 0 aliphatic rings. The fraction of sp³-hybridized carbons (Fsp3) is 0.545. The molecular formula is C33H50N8O10. The summed E-state index contributed by atoms with van der Waals surface area (Å²) in [5.41, 5.74) is 12.2. The van der Waals surface area contributed by atoms with Gasteiger partial charge in [0.1, 0.15) is 6.29 Å². The lowest BCUT2D eigenvalue weighted by Gasteiger charge is -2.09. The van der Waals surface area contributed by atoms with Crippen molar-refractivity contribution in [1.29, 1.82) is 0 Å². The molecule has 2 aromatic rings. The van der Waals surface area contributed by atoms with Gasteiger partial charge in [-0.3, -0.25) is 14.4 Å². The number of aromatic nitrogens is 2. The lowest BCUT2D eigenvalue weighted by atomic mass is 10.2. The molecule has 0 spiro atoms. The van der Waals surface area contributed by atoms with Crippen LogP contribution in [-0.2, 0) is 44.6 Å². The Bertz CT molecular complexity index is 1320. The number of hydrogen-bond donors (Lipinski definition) is 5. The maximum atomic E-state index is 12.5. The Morgan fingerprint density at radius 1 is 0.765 bits per heavy atom. The van der Waals surface area contributed by atoms with Gasteiger partial charge in [0.05, 0.1) is 104 Å². The van der Waals surface area contributed by atoms with Crippen LogP contribution in [0.3, 0.4) is 0 Å². The van der Waals surface area contributed by atoms with Crippen LogP contribution in [0.4, 0.5) is 11.5 Å². The van der Waals surface area contributed by atoms with Crippen molar-refractivity contribution in [3.8, 4) is 0 Å². The second-order valence-corrected chi connectivity index (χ2v) is 10.4. The fourth-order valence-electron chi connectivity index (χ4n) is 4.00. The van der Waals surface area contributed by atoms with Gasteiger partial charge in [0, 0.05) is 37.2 Å². The van der Waals surface area contributed by atoms with E-state index < -0.39 is 5.91 Å². The van der Waals surface area contributed by atoms with Crippen LogP contribution in [0.2, 0.25) is 0 Å². The van der Waals surface area contributed by atoms with Crippen LogP contribution in [0, 0.1) is 0 Å². The number of benzene rings is 1. The summed E-state index contributed by atoms with van der Waals surface area (Å²) in [6, 6.07) is 6.81. The SMILES string of the molecule is N/C=N\c1ncc(CNc2ccc(C(=O)NCCCC(=O)NCCOCCOCCOCCOCCOCCOCCC=O)cc2)nc1C(N)=O. The second-order valence-electron chi connectivity index (χ2n) is 10.4. The highest BCUT2D eigenvalue weighted by atomic mass is 16.6. The van der Waals surface area contributed by atoms with E-state index in [1.54, 1.807) is 24.3 Å². The largest absolute Gasteiger partial charge is 0.390 e. The molecule has 0 atom stereocenters. The third kappa shape index (κ3) is 20.6. The van der Waals surface area contributed by atoms with E-state index in [1.165, 1.54) is 6.20 Å². The number of amides is 3. The zero-order valence-corrected chi connectivity index (χ0v) is 28.8. The lowest BCUT2D eigenvalue weighted by molar-refractivity contribution is -0.121. The summed E-state index contributed by atoms with van der Waals surface area (Å²) in [6.07, 6.45) is 4.43. The first-order valence-corrected chi connectivity index (χ1v) is 16.6. The van der Waals surface area contributed by atoms with Crippen LogP contribution in [0.1, 0.15) is 45.8 Å². The highest BCUT2D eigenvalue weighted by Gasteiger charge is 2.12. The van der Waals surface area contributed by atoms with Crippen LogP contribution in [0.15, 0.2) is 35.5 Å². The lowest BCUT2D eigenvalue weighted by Crippen LogP contribution is -2.29. The quantitative estimate of drug-likeness (QED) is 0.0301. The van der Waals surface area contributed by atoms with E-state index in [4.69, 9.17) is 39.9 Å². The summed E-state index contributed by atoms with van der Waals surface area (Å²) in [5, 5.41) is 8.73. The van der Waals surface area contributed by atoms with Crippen LogP contribution in [0.5, 0.6) is 0 Å². The molecular weight excluding hydrogens is 668 g/mol. The van der Waals surface area contributed by atoms with Crippen molar-refractivity contribution >= 4 is 41.9 Å². The zero-order valence-electron chi connectivity index (χ0n) is 28.8. The maximum Gasteiger partial charge on any atom is 0.271 e. The average Bonchev–Trinajstić information content (AvgIpc) is 3.13. The molecule has 3 amide bonds. The molecule has 0 saturated heterocycles. The molecule has 0 radical (unpaired) electrons. The number of nitrogens with one attached hydrogen (secondary N) is 3. The predicted molar refractivity (Wildman–Crippen MR) is 187 cm³/mol. The molecule has 51 heavy (non-hydrogen) atoms. The molecule has 0 saturated carbocycles. The number of nitrogens with zero attached hydrogens (tertiary/aromatic N) is 3. The Hall–Kier alpha value is -4.59. The molecule has 282 valence electrons.